The maximum Gasteiger partial charge on any atom is 0.322 e. The van der Waals surface area contributed by atoms with Gasteiger partial charge in [0.2, 0.25) is 0 Å². The molecule has 0 aromatic heterocycles. The third kappa shape index (κ3) is 2.49. The van der Waals surface area contributed by atoms with E-state index in [9.17, 15) is 4.79 Å². The second-order valence-corrected chi connectivity index (χ2v) is 3.52. The topological polar surface area (TPSA) is 49.3 Å². The number of carbonyl (C=O) groups is 1. The predicted molar refractivity (Wildman–Crippen MR) is 58.7 cm³/mol. The molecule has 2 atom stereocenters. The Morgan fingerprint density at radius 1 is 1.43 bits per heavy atom. The van der Waals surface area contributed by atoms with Gasteiger partial charge in [-0.05, 0) is 12.6 Å². The number of benzene rings is 1. The highest BCUT2D eigenvalue weighted by Gasteiger charge is 2.24. The van der Waals surface area contributed by atoms with E-state index in [0.29, 0.717) is 0 Å². The molecule has 0 radical (unpaired) electrons. The molecule has 0 amide bonds. The lowest BCUT2D eigenvalue weighted by Crippen LogP contribution is -2.37. The van der Waals surface area contributed by atoms with Crippen LogP contribution in [0.5, 0.6) is 0 Å². The Hall–Kier alpha value is -1.00. The number of thiol groups is 1. The summed E-state index contributed by atoms with van der Waals surface area (Å²) in [5.74, 6) is -0.892. The molecule has 0 aliphatic carbocycles. The van der Waals surface area contributed by atoms with Crippen molar-refractivity contribution in [1.82, 2.24) is 5.32 Å². The van der Waals surface area contributed by atoms with E-state index in [1.165, 1.54) is 0 Å². The van der Waals surface area contributed by atoms with Crippen LogP contribution < -0.4 is 5.32 Å². The number of aliphatic carboxylic acids is 1. The fourth-order valence-electron chi connectivity index (χ4n) is 1.26. The van der Waals surface area contributed by atoms with Crippen LogP contribution in [0.25, 0.3) is 0 Å². The van der Waals surface area contributed by atoms with Crippen LogP contribution >= 0.6 is 12.6 Å². The maximum atomic E-state index is 10.8. The number of carboxylic acids is 1. The molecule has 4 heteroatoms. The van der Waals surface area contributed by atoms with Crippen LogP contribution in [0.15, 0.2) is 30.3 Å². The van der Waals surface area contributed by atoms with E-state index in [4.69, 9.17) is 5.11 Å². The van der Waals surface area contributed by atoms with E-state index in [2.05, 4.69) is 17.9 Å². The van der Waals surface area contributed by atoms with Gasteiger partial charge in [-0.1, -0.05) is 30.3 Å². The van der Waals surface area contributed by atoms with Gasteiger partial charge in [-0.3, -0.25) is 4.79 Å². The Balaban J connectivity index is 2.83. The largest absolute Gasteiger partial charge is 0.480 e. The summed E-state index contributed by atoms with van der Waals surface area (Å²) in [7, 11) is 1.62. The van der Waals surface area contributed by atoms with E-state index in [1.54, 1.807) is 7.05 Å². The van der Waals surface area contributed by atoms with E-state index < -0.39 is 12.0 Å². The molecule has 2 N–H and O–H groups in total. The summed E-state index contributed by atoms with van der Waals surface area (Å²) in [5, 5.41) is 11.3. The van der Waals surface area contributed by atoms with Crippen molar-refractivity contribution in [2.24, 2.45) is 0 Å². The van der Waals surface area contributed by atoms with Gasteiger partial charge < -0.3 is 10.4 Å². The van der Waals surface area contributed by atoms with Crippen molar-refractivity contribution in [3.63, 3.8) is 0 Å². The molecule has 0 fully saturated rings. The summed E-state index contributed by atoms with van der Waals surface area (Å²) in [6, 6.07) is 8.69. The van der Waals surface area contributed by atoms with Crippen molar-refractivity contribution in [1.29, 1.82) is 0 Å². The Kier molecular flexibility index (Phi) is 3.98. The molecular formula is C10H13NO2S. The SMILES string of the molecule is CNC(C(=O)O)C(S)c1ccccc1. The number of rotatable bonds is 4. The molecule has 14 heavy (non-hydrogen) atoms. The highest BCUT2D eigenvalue weighted by molar-refractivity contribution is 7.80. The molecule has 0 aliphatic heterocycles. The van der Waals surface area contributed by atoms with Crippen LogP contribution in [-0.2, 0) is 4.79 Å². The van der Waals surface area contributed by atoms with Gasteiger partial charge in [0.05, 0.1) is 5.25 Å². The smallest absolute Gasteiger partial charge is 0.322 e. The fraction of sp³-hybridized carbons (Fsp3) is 0.300. The first-order valence-electron chi connectivity index (χ1n) is 4.30. The first kappa shape index (κ1) is 11.1. The second-order valence-electron chi connectivity index (χ2n) is 2.96. The minimum absolute atomic E-state index is 0.335. The van der Waals surface area contributed by atoms with Gasteiger partial charge in [-0.15, -0.1) is 0 Å². The van der Waals surface area contributed by atoms with Crippen molar-refractivity contribution in [2.75, 3.05) is 7.05 Å². The normalized spacial score (nSPS) is 14.7. The monoisotopic (exact) mass is 211 g/mol. The molecule has 1 aromatic rings. The van der Waals surface area contributed by atoms with Crippen LogP contribution in [0, 0.1) is 0 Å². The molecule has 0 bridgehead atoms. The van der Waals surface area contributed by atoms with Crippen molar-refractivity contribution >= 4 is 18.6 Å². The molecule has 0 heterocycles. The number of nitrogens with one attached hydrogen (secondary N) is 1. The van der Waals surface area contributed by atoms with Crippen LogP contribution in [0.3, 0.4) is 0 Å². The summed E-state index contributed by atoms with van der Waals surface area (Å²) < 4.78 is 0. The summed E-state index contributed by atoms with van der Waals surface area (Å²) >= 11 is 4.29. The number of likely N-dealkylation sites (N-methyl/N-ethyl adjacent to an activating group) is 1. The first-order valence-corrected chi connectivity index (χ1v) is 4.81. The Morgan fingerprint density at radius 3 is 2.43 bits per heavy atom. The summed E-state index contributed by atoms with van der Waals surface area (Å²) in [6.07, 6.45) is 0. The summed E-state index contributed by atoms with van der Waals surface area (Å²) in [6.45, 7) is 0. The third-order valence-electron chi connectivity index (χ3n) is 2.03. The van der Waals surface area contributed by atoms with Crippen molar-refractivity contribution in [3.05, 3.63) is 35.9 Å². The molecule has 0 spiro atoms. The van der Waals surface area contributed by atoms with Gasteiger partial charge in [0.15, 0.2) is 0 Å². The molecule has 2 unspecified atom stereocenters. The lowest BCUT2D eigenvalue weighted by Gasteiger charge is -2.18. The second kappa shape index (κ2) is 5.02. The zero-order valence-corrected chi connectivity index (χ0v) is 8.74. The molecule has 1 aromatic carbocycles. The first-order chi connectivity index (χ1) is 6.66. The van der Waals surface area contributed by atoms with Gasteiger partial charge in [0.1, 0.15) is 6.04 Å². The van der Waals surface area contributed by atoms with Crippen LogP contribution in [0.2, 0.25) is 0 Å². The molecule has 0 aliphatic rings. The standard InChI is InChI=1S/C10H13NO2S/c1-11-8(10(12)13)9(14)7-5-3-2-4-6-7/h2-6,8-9,11,14H,1H3,(H,12,13). The molecule has 0 saturated carbocycles. The molecule has 76 valence electrons. The number of hydrogen-bond donors (Lipinski definition) is 3. The predicted octanol–water partition coefficient (Wildman–Crippen LogP) is 1.33. The highest BCUT2D eigenvalue weighted by atomic mass is 32.1. The van der Waals surface area contributed by atoms with Crippen LogP contribution in [-0.4, -0.2) is 24.2 Å². The summed E-state index contributed by atoms with van der Waals surface area (Å²) in [4.78, 5) is 10.8. The molecule has 0 saturated heterocycles. The number of carboxylic acid groups (broad SMARTS) is 1. The van der Waals surface area contributed by atoms with Gasteiger partial charge in [-0.25, -0.2) is 0 Å². The molecule has 3 nitrogen and oxygen atoms in total. The maximum absolute atomic E-state index is 10.8. The Morgan fingerprint density at radius 2 is 2.00 bits per heavy atom. The van der Waals surface area contributed by atoms with Crippen molar-refractivity contribution in [3.8, 4) is 0 Å². The molecular weight excluding hydrogens is 198 g/mol. The quantitative estimate of drug-likeness (QED) is 0.658. The fourth-order valence-corrected chi connectivity index (χ4v) is 1.71. The van der Waals surface area contributed by atoms with E-state index in [0.717, 1.165) is 5.56 Å². The Bertz CT molecular complexity index is 302. The average Bonchev–Trinajstić information content (AvgIpc) is 2.19. The molecule has 1 rings (SSSR count). The zero-order chi connectivity index (χ0) is 10.6. The van der Waals surface area contributed by atoms with Gasteiger partial charge >= 0.3 is 5.97 Å². The van der Waals surface area contributed by atoms with Crippen LogP contribution in [0.1, 0.15) is 10.8 Å². The minimum atomic E-state index is -0.892. The summed E-state index contributed by atoms with van der Waals surface area (Å²) in [5.41, 5.74) is 0.901. The average molecular weight is 211 g/mol. The minimum Gasteiger partial charge on any atom is -0.480 e. The van der Waals surface area contributed by atoms with Crippen molar-refractivity contribution < 1.29 is 9.90 Å². The van der Waals surface area contributed by atoms with Crippen molar-refractivity contribution in [2.45, 2.75) is 11.3 Å². The highest BCUT2D eigenvalue weighted by Crippen LogP contribution is 2.23. The lowest BCUT2D eigenvalue weighted by atomic mass is 10.1. The zero-order valence-electron chi connectivity index (χ0n) is 7.84. The third-order valence-corrected chi connectivity index (χ3v) is 2.63. The van der Waals surface area contributed by atoms with E-state index >= 15 is 0 Å². The van der Waals surface area contributed by atoms with E-state index in [1.807, 2.05) is 30.3 Å². The lowest BCUT2D eigenvalue weighted by molar-refractivity contribution is -0.139. The van der Waals surface area contributed by atoms with E-state index in [-0.39, 0.29) is 5.25 Å². The van der Waals surface area contributed by atoms with Crippen LogP contribution in [0.4, 0.5) is 0 Å². The van der Waals surface area contributed by atoms with Gasteiger partial charge in [-0.2, -0.15) is 12.6 Å². The van der Waals surface area contributed by atoms with Gasteiger partial charge in [0.25, 0.3) is 0 Å². The Labute approximate surface area is 88.6 Å². The van der Waals surface area contributed by atoms with Gasteiger partial charge in [0, 0.05) is 0 Å². The number of hydrogen-bond acceptors (Lipinski definition) is 3.